The first-order valence-corrected chi connectivity index (χ1v) is 11.4. The molecule has 0 saturated heterocycles. The predicted molar refractivity (Wildman–Crippen MR) is 127 cm³/mol. The largest absolute Gasteiger partial charge is 0.489 e. The smallest absolute Gasteiger partial charge is 0.368 e. The van der Waals surface area contributed by atoms with E-state index in [9.17, 15) is 4.79 Å². The number of rotatable bonds is 7. The van der Waals surface area contributed by atoms with Crippen molar-refractivity contribution in [3.8, 4) is 11.4 Å². The van der Waals surface area contributed by atoms with E-state index in [1.807, 2.05) is 38.1 Å². The maximum atomic E-state index is 12.4. The first-order valence-electron chi connectivity index (χ1n) is 11.4. The van der Waals surface area contributed by atoms with Gasteiger partial charge < -0.3 is 9.57 Å². The monoisotopic (exact) mass is 449 g/mol. The normalized spacial score (nSPS) is 15.0. The summed E-state index contributed by atoms with van der Waals surface area (Å²) in [5.74, 6) is 1.23. The van der Waals surface area contributed by atoms with Crippen molar-refractivity contribution < 1.29 is 9.57 Å². The Kier molecular flexibility index (Phi) is 6.91. The number of tetrazole rings is 1. The van der Waals surface area contributed by atoms with Gasteiger partial charge in [-0.2, -0.15) is 9.36 Å². The summed E-state index contributed by atoms with van der Waals surface area (Å²) < 4.78 is 8.73. The Bertz CT molecular complexity index is 1200. The van der Waals surface area contributed by atoms with E-state index in [0.29, 0.717) is 18.2 Å². The highest BCUT2D eigenvalue weighted by Gasteiger charge is 2.22. The molecule has 0 bridgehead atoms. The van der Waals surface area contributed by atoms with Crippen LogP contribution in [0.15, 0.2) is 46.3 Å². The van der Waals surface area contributed by atoms with Gasteiger partial charge in [-0.1, -0.05) is 36.6 Å². The zero-order valence-corrected chi connectivity index (χ0v) is 19.7. The molecule has 174 valence electrons. The molecule has 0 aliphatic heterocycles. The Balaban J connectivity index is 1.57. The van der Waals surface area contributed by atoms with E-state index < -0.39 is 0 Å². The molecular weight excluding hydrogens is 418 g/mol. The number of aryl methyl sites for hydroxylation is 3. The van der Waals surface area contributed by atoms with Crippen LogP contribution < -0.4 is 10.4 Å². The number of benzene rings is 2. The van der Waals surface area contributed by atoms with Gasteiger partial charge in [-0.3, -0.25) is 0 Å². The molecule has 4 rings (SSSR count). The third-order valence-corrected chi connectivity index (χ3v) is 6.36. The van der Waals surface area contributed by atoms with Crippen molar-refractivity contribution in [1.29, 1.82) is 0 Å². The van der Waals surface area contributed by atoms with Gasteiger partial charge in [-0.15, -0.1) is 0 Å². The van der Waals surface area contributed by atoms with Gasteiger partial charge in [0, 0.05) is 24.1 Å². The van der Waals surface area contributed by atoms with Crippen LogP contribution in [-0.2, 0) is 18.5 Å². The van der Waals surface area contributed by atoms with E-state index in [-0.39, 0.29) is 5.69 Å². The van der Waals surface area contributed by atoms with Crippen LogP contribution in [-0.4, -0.2) is 32.6 Å². The third kappa shape index (κ3) is 4.84. The molecule has 3 aromatic rings. The fourth-order valence-electron chi connectivity index (χ4n) is 4.50. The molecule has 33 heavy (non-hydrogen) atoms. The van der Waals surface area contributed by atoms with E-state index in [0.717, 1.165) is 46.6 Å². The number of nitrogens with zero attached hydrogens (tertiary/aromatic N) is 5. The minimum absolute atomic E-state index is 0.296. The minimum Gasteiger partial charge on any atom is -0.489 e. The van der Waals surface area contributed by atoms with Crippen molar-refractivity contribution >= 4 is 5.71 Å². The maximum Gasteiger partial charge on any atom is 0.368 e. The summed E-state index contributed by atoms with van der Waals surface area (Å²) in [7, 11) is 3.19. The van der Waals surface area contributed by atoms with Crippen molar-refractivity contribution in [3.63, 3.8) is 0 Å². The van der Waals surface area contributed by atoms with Crippen LogP contribution in [0, 0.1) is 19.8 Å². The predicted octanol–water partition coefficient (Wildman–Crippen LogP) is 4.09. The first kappa shape index (κ1) is 22.8. The van der Waals surface area contributed by atoms with Gasteiger partial charge >= 0.3 is 5.69 Å². The van der Waals surface area contributed by atoms with Crippen molar-refractivity contribution in [3.05, 3.63) is 69.1 Å². The van der Waals surface area contributed by atoms with Crippen LogP contribution in [0.4, 0.5) is 0 Å². The molecule has 1 aliphatic rings. The number of ether oxygens (including phenoxy) is 1. The molecule has 1 saturated carbocycles. The number of oxime groups is 1. The number of aromatic nitrogens is 4. The lowest BCUT2D eigenvalue weighted by Gasteiger charge is -2.23. The molecule has 1 heterocycles. The van der Waals surface area contributed by atoms with Gasteiger partial charge in [0.25, 0.3) is 0 Å². The second kappa shape index (κ2) is 10.0. The van der Waals surface area contributed by atoms with Gasteiger partial charge in [0.2, 0.25) is 0 Å². The van der Waals surface area contributed by atoms with Crippen molar-refractivity contribution in [2.45, 2.75) is 52.6 Å². The Morgan fingerprint density at radius 1 is 1.09 bits per heavy atom. The highest BCUT2D eigenvalue weighted by molar-refractivity contribution is 6.02. The summed E-state index contributed by atoms with van der Waals surface area (Å²) >= 11 is 0. The standard InChI is InChI=1S/C25H31N5O3/c1-17-9-8-12-22(30-25(31)29(3)27-28-30)21(17)16-33-23-14-13-20(15-18(23)2)24(26-32-4)19-10-6-5-7-11-19/h8-9,12-15,19H,5-7,10-11,16H2,1-4H3/b26-24-. The fraction of sp³-hybridized carbons (Fsp3) is 0.440. The molecule has 8 heteroatoms. The van der Waals surface area contributed by atoms with Crippen molar-refractivity contribution in [2.24, 2.45) is 18.1 Å². The van der Waals surface area contributed by atoms with E-state index in [1.54, 1.807) is 14.2 Å². The SMILES string of the molecule is CO/N=C(\c1ccc(OCc2c(C)cccc2-n2nnn(C)c2=O)c(C)c1)C1CCCCC1. The fourth-order valence-corrected chi connectivity index (χ4v) is 4.50. The van der Waals surface area contributed by atoms with Gasteiger partial charge in [0.15, 0.2) is 0 Å². The van der Waals surface area contributed by atoms with Crippen LogP contribution in [0.2, 0.25) is 0 Å². The molecule has 0 radical (unpaired) electrons. The molecule has 0 spiro atoms. The second-order valence-corrected chi connectivity index (χ2v) is 8.63. The van der Waals surface area contributed by atoms with Crippen molar-refractivity contribution in [2.75, 3.05) is 7.11 Å². The lowest BCUT2D eigenvalue weighted by atomic mass is 9.83. The minimum atomic E-state index is -0.296. The quantitative estimate of drug-likeness (QED) is 0.401. The van der Waals surface area contributed by atoms with E-state index in [2.05, 4.69) is 27.7 Å². The molecule has 0 amide bonds. The summed E-state index contributed by atoms with van der Waals surface area (Å²) in [5.41, 5.74) is 5.42. The highest BCUT2D eigenvalue weighted by atomic mass is 16.6. The van der Waals surface area contributed by atoms with Crippen LogP contribution in [0.5, 0.6) is 5.75 Å². The zero-order valence-electron chi connectivity index (χ0n) is 19.7. The Labute approximate surface area is 193 Å². The van der Waals surface area contributed by atoms with E-state index >= 15 is 0 Å². The topological polar surface area (TPSA) is 83.5 Å². The van der Waals surface area contributed by atoms with Crippen LogP contribution in [0.25, 0.3) is 5.69 Å². The Hall–Kier alpha value is -3.42. The van der Waals surface area contributed by atoms with Gasteiger partial charge in [-0.05, 0) is 72.5 Å². The summed E-state index contributed by atoms with van der Waals surface area (Å²) in [4.78, 5) is 17.6. The molecule has 0 N–H and O–H groups in total. The first-order chi connectivity index (χ1) is 16.0. The van der Waals surface area contributed by atoms with Gasteiger partial charge in [0.05, 0.1) is 11.4 Å². The molecule has 1 aliphatic carbocycles. The average Bonchev–Trinajstić information content (AvgIpc) is 3.16. The third-order valence-electron chi connectivity index (χ3n) is 6.36. The zero-order chi connectivity index (χ0) is 23.4. The van der Waals surface area contributed by atoms with E-state index in [1.165, 1.54) is 28.6 Å². The molecule has 2 aromatic carbocycles. The second-order valence-electron chi connectivity index (χ2n) is 8.63. The molecule has 8 nitrogen and oxygen atoms in total. The molecule has 1 aromatic heterocycles. The van der Waals surface area contributed by atoms with E-state index in [4.69, 9.17) is 9.57 Å². The summed E-state index contributed by atoms with van der Waals surface area (Å²) in [6.07, 6.45) is 6.07. The number of hydrogen-bond donors (Lipinski definition) is 0. The molecule has 0 unspecified atom stereocenters. The summed E-state index contributed by atoms with van der Waals surface area (Å²) in [6, 6.07) is 11.9. The average molecular weight is 450 g/mol. The lowest BCUT2D eigenvalue weighted by Crippen LogP contribution is -2.23. The molecular formula is C25H31N5O3. The molecule has 0 atom stereocenters. The van der Waals surface area contributed by atoms with Crippen molar-refractivity contribution in [1.82, 2.24) is 19.8 Å². The maximum absolute atomic E-state index is 12.4. The van der Waals surface area contributed by atoms with Crippen LogP contribution in [0.3, 0.4) is 0 Å². The van der Waals surface area contributed by atoms with Gasteiger partial charge in [0.1, 0.15) is 19.5 Å². The highest BCUT2D eigenvalue weighted by Crippen LogP contribution is 2.30. The Morgan fingerprint density at radius 2 is 1.88 bits per heavy atom. The number of hydrogen-bond acceptors (Lipinski definition) is 6. The summed E-state index contributed by atoms with van der Waals surface area (Å²) in [5, 5.41) is 12.2. The lowest BCUT2D eigenvalue weighted by molar-refractivity contribution is 0.210. The summed E-state index contributed by atoms with van der Waals surface area (Å²) in [6.45, 7) is 4.35. The Morgan fingerprint density at radius 3 is 2.55 bits per heavy atom. The van der Waals surface area contributed by atoms with Gasteiger partial charge in [-0.25, -0.2) is 4.79 Å². The van der Waals surface area contributed by atoms with Crippen LogP contribution in [0.1, 0.15) is 54.4 Å². The molecule has 1 fully saturated rings. The van der Waals surface area contributed by atoms with Crippen LogP contribution >= 0.6 is 0 Å².